The Labute approximate surface area is 91.1 Å². The number of hydrogen-bond acceptors (Lipinski definition) is 2. The Morgan fingerprint density at radius 2 is 2.14 bits per heavy atom. The van der Waals surface area contributed by atoms with Gasteiger partial charge in [0.05, 0.1) is 0 Å². The summed E-state index contributed by atoms with van der Waals surface area (Å²) in [5, 5.41) is 0. The third kappa shape index (κ3) is 3.35. The lowest BCUT2D eigenvalue weighted by molar-refractivity contribution is 0.963. The third-order valence-electron chi connectivity index (χ3n) is 2.13. The summed E-state index contributed by atoms with van der Waals surface area (Å²) in [7, 11) is 0. The fraction of sp³-hybridized carbons (Fsp3) is 0.500. The molecule has 2 heteroatoms. The molecular weight excluding hydrogens is 190 g/mol. The highest BCUT2D eigenvalue weighted by atomic mass is 32.2. The Hall–Kier alpha value is -0.470. The van der Waals surface area contributed by atoms with Crippen LogP contribution in [0.2, 0.25) is 0 Å². The second-order valence-electron chi connectivity index (χ2n) is 3.49. The van der Waals surface area contributed by atoms with Crippen molar-refractivity contribution in [1.29, 1.82) is 0 Å². The predicted octanol–water partition coefficient (Wildman–Crippen LogP) is 3.00. The maximum atomic E-state index is 5.52. The van der Waals surface area contributed by atoms with Crippen LogP contribution < -0.4 is 5.73 Å². The van der Waals surface area contributed by atoms with Crippen LogP contribution in [0.3, 0.4) is 0 Å². The van der Waals surface area contributed by atoms with E-state index in [-0.39, 0.29) is 0 Å². The Morgan fingerprint density at radius 3 is 2.71 bits per heavy atom. The van der Waals surface area contributed by atoms with Crippen molar-refractivity contribution in [1.82, 2.24) is 0 Å². The topological polar surface area (TPSA) is 26.0 Å². The lowest BCUT2D eigenvalue weighted by Gasteiger charge is -2.06. The predicted molar refractivity (Wildman–Crippen MR) is 65.0 cm³/mol. The van der Waals surface area contributed by atoms with Gasteiger partial charge in [0.2, 0.25) is 0 Å². The largest absolute Gasteiger partial charge is 0.330 e. The third-order valence-corrected chi connectivity index (χ3v) is 3.52. The van der Waals surface area contributed by atoms with Gasteiger partial charge < -0.3 is 5.73 Å². The zero-order valence-electron chi connectivity index (χ0n) is 9.05. The smallest absolute Gasteiger partial charge is 0.0101 e. The van der Waals surface area contributed by atoms with Crippen molar-refractivity contribution < 1.29 is 0 Å². The van der Waals surface area contributed by atoms with E-state index in [0.29, 0.717) is 0 Å². The molecule has 0 amide bonds. The highest BCUT2D eigenvalue weighted by Crippen LogP contribution is 2.23. The summed E-state index contributed by atoms with van der Waals surface area (Å²) in [6, 6.07) is 6.67. The molecule has 0 saturated carbocycles. The summed E-state index contributed by atoms with van der Waals surface area (Å²) in [4.78, 5) is 1.41. The normalized spacial score (nSPS) is 10.5. The molecular formula is C12H19NS. The van der Waals surface area contributed by atoms with Gasteiger partial charge in [-0.1, -0.05) is 19.1 Å². The van der Waals surface area contributed by atoms with Crippen LogP contribution in [0.25, 0.3) is 0 Å². The first-order chi connectivity index (χ1) is 6.77. The molecule has 0 spiro atoms. The summed E-state index contributed by atoms with van der Waals surface area (Å²) in [5.41, 5.74) is 8.26. The van der Waals surface area contributed by atoms with Crippen LogP contribution in [0, 0.1) is 6.92 Å². The Morgan fingerprint density at radius 1 is 1.36 bits per heavy atom. The molecule has 0 bridgehead atoms. The maximum Gasteiger partial charge on any atom is 0.0101 e. The van der Waals surface area contributed by atoms with Crippen molar-refractivity contribution in [3.63, 3.8) is 0 Å². The van der Waals surface area contributed by atoms with Gasteiger partial charge in [0.1, 0.15) is 0 Å². The molecule has 0 aliphatic carbocycles. The summed E-state index contributed by atoms with van der Waals surface area (Å²) in [6.07, 6.45) is 2.22. The molecule has 78 valence electrons. The molecule has 0 unspecified atom stereocenters. The van der Waals surface area contributed by atoms with Crippen molar-refractivity contribution in [3.8, 4) is 0 Å². The molecule has 1 aromatic rings. The molecule has 2 N–H and O–H groups in total. The van der Waals surface area contributed by atoms with Crippen LogP contribution >= 0.6 is 11.8 Å². The second kappa shape index (κ2) is 6.10. The van der Waals surface area contributed by atoms with Gasteiger partial charge in [-0.25, -0.2) is 0 Å². The quantitative estimate of drug-likeness (QED) is 0.754. The van der Waals surface area contributed by atoms with Crippen molar-refractivity contribution >= 4 is 11.8 Å². The van der Waals surface area contributed by atoms with Gasteiger partial charge in [0.15, 0.2) is 0 Å². The monoisotopic (exact) mass is 209 g/mol. The summed E-state index contributed by atoms with van der Waals surface area (Å²) in [6.45, 7) is 5.13. The number of thioether (sulfide) groups is 1. The number of hydrogen-bond donors (Lipinski definition) is 1. The van der Waals surface area contributed by atoms with Crippen LogP contribution in [0.5, 0.6) is 0 Å². The average Bonchev–Trinajstić information content (AvgIpc) is 2.17. The van der Waals surface area contributed by atoms with E-state index in [2.05, 4.69) is 32.0 Å². The molecule has 0 saturated heterocycles. The molecule has 1 nitrogen and oxygen atoms in total. The maximum absolute atomic E-state index is 5.52. The lowest BCUT2D eigenvalue weighted by atomic mass is 10.1. The number of benzene rings is 1. The molecule has 0 fully saturated rings. The Kier molecular flexibility index (Phi) is 5.05. The minimum absolute atomic E-state index is 0.737. The van der Waals surface area contributed by atoms with E-state index in [1.54, 1.807) is 0 Å². The van der Waals surface area contributed by atoms with E-state index < -0.39 is 0 Å². The number of aryl methyl sites for hydroxylation is 1. The van der Waals surface area contributed by atoms with E-state index in [9.17, 15) is 0 Å². The molecule has 0 radical (unpaired) electrons. The molecule has 0 aromatic heterocycles. The van der Waals surface area contributed by atoms with E-state index in [1.165, 1.54) is 28.2 Å². The SMILES string of the molecule is CCCSc1ccc(CCN)cc1C. The molecule has 1 aromatic carbocycles. The van der Waals surface area contributed by atoms with Crippen molar-refractivity contribution in [3.05, 3.63) is 29.3 Å². The molecule has 14 heavy (non-hydrogen) atoms. The van der Waals surface area contributed by atoms with E-state index in [4.69, 9.17) is 5.73 Å². The first-order valence-electron chi connectivity index (χ1n) is 5.20. The van der Waals surface area contributed by atoms with Gasteiger partial charge in [0, 0.05) is 4.90 Å². The van der Waals surface area contributed by atoms with Gasteiger partial charge in [-0.2, -0.15) is 0 Å². The molecule has 0 aliphatic heterocycles. The Balaban J connectivity index is 2.68. The second-order valence-corrected chi connectivity index (χ2v) is 4.62. The fourth-order valence-electron chi connectivity index (χ4n) is 1.41. The van der Waals surface area contributed by atoms with Crippen LogP contribution in [0.4, 0.5) is 0 Å². The summed E-state index contributed by atoms with van der Waals surface area (Å²) >= 11 is 1.94. The minimum Gasteiger partial charge on any atom is -0.330 e. The number of rotatable bonds is 5. The minimum atomic E-state index is 0.737. The average molecular weight is 209 g/mol. The van der Waals surface area contributed by atoms with Crippen LogP contribution in [-0.2, 0) is 6.42 Å². The van der Waals surface area contributed by atoms with Gasteiger partial charge in [-0.3, -0.25) is 0 Å². The van der Waals surface area contributed by atoms with Crippen LogP contribution in [-0.4, -0.2) is 12.3 Å². The number of nitrogens with two attached hydrogens (primary N) is 1. The molecule has 0 heterocycles. The first kappa shape index (κ1) is 11.6. The van der Waals surface area contributed by atoms with Crippen LogP contribution in [0.1, 0.15) is 24.5 Å². The summed E-state index contributed by atoms with van der Waals surface area (Å²) in [5.74, 6) is 1.21. The molecule has 0 aliphatic rings. The van der Waals surface area contributed by atoms with E-state index in [1.807, 2.05) is 11.8 Å². The van der Waals surface area contributed by atoms with Gasteiger partial charge in [0.25, 0.3) is 0 Å². The van der Waals surface area contributed by atoms with Gasteiger partial charge in [-0.15, -0.1) is 11.8 Å². The van der Waals surface area contributed by atoms with Crippen LogP contribution in [0.15, 0.2) is 23.1 Å². The summed E-state index contributed by atoms with van der Waals surface area (Å²) < 4.78 is 0. The molecule has 0 atom stereocenters. The van der Waals surface area contributed by atoms with E-state index in [0.717, 1.165) is 13.0 Å². The molecule has 1 rings (SSSR count). The highest BCUT2D eigenvalue weighted by Gasteiger charge is 1.99. The lowest BCUT2D eigenvalue weighted by Crippen LogP contribution is -2.02. The van der Waals surface area contributed by atoms with Gasteiger partial charge >= 0.3 is 0 Å². The Bertz CT molecular complexity index is 284. The van der Waals surface area contributed by atoms with Gasteiger partial charge in [-0.05, 0) is 49.3 Å². The highest BCUT2D eigenvalue weighted by molar-refractivity contribution is 7.99. The van der Waals surface area contributed by atoms with Crippen molar-refractivity contribution in [2.24, 2.45) is 5.73 Å². The van der Waals surface area contributed by atoms with E-state index >= 15 is 0 Å². The van der Waals surface area contributed by atoms with Crippen molar-refractivity contribution in [2.45, 2.75) is 31.6 Å². The zero-order chi connectivity index (χ0) is 10.4. The zero-order valence-corrected chi connectivity index (χ0v) is 9.86. The fourth-order valence-corrected chi connectivity index (χ4v) is 2.28. The standard InChI is InChI=1S/C12H19NS/c1-3-8-14-12-5-4-11(6-7-13)9-10(12)2/h4-5,9H,3,6-8,13H2,1-2H3. The van der Waals surface area contributed by atoms with Crippen molar-refractivity contribution in [2.75, 3.05) is 12.3 Å². The first-order valence-corrected chi connectivity index (χ1v) is 6.19.